The first-order valence-corrected chi connectivity index (χ1v) is 13.3. The van der Waals surface area contributed by atoms with Gasteiger partial charge in [0.05, 0.1) is 28.3 Å². The molecule has 3 heterocycles. The largest absolute Gasteiger partial charge is 0.367 e. The van der Waals surface area contributed by atoms with E-state index in [4.69, 9.17) is 28.2 Å². The normalized spacial score (nSPS) is 18.1. The number of halogens is 2. The number of piperazine rings is 1. The summed E-state index contributed by atoms with van der Waals surface area (Å²) in [4.78, 5) is 24.9. The molecule has 6 nitrogen and oxygen atoms in total. The number of amides is 1. The zero-order chi connectivity index (χ0) is 24.5. The van der Waals surface area contributed by atoms with Gasteiger partial charge in [0.15, 0.2) is 0 Å². The molecular formula is C27H33Cl2N5O. The lowest BCUT2D eigenvalue weighted by Gasteiger charge is -2.39. The summed E-state index contributed by atoms with van der Waals surface area (Å²) in [6.07, 6.45) is 1.81. The number of fused-ring (bicyclic) bond motifs is 1. The van der Waals surface area contributed by atoms with Gasteiger partial charge in [-0.15, -0.1) is 0 Å². The molecule has 186 valence electrons. The third kappa shape index (κ3) is 5.16. The molecule has 0 radical (unpaired) electrons. The van der Waals surface area contributed by atoms with Crippen molar-refractivity contribution in [2.75, 3.05) is 44.2 Å². The van der Waals surface area contributed by atoms with Crippen molar-refractivity contribution in [3.05, 3.63) is 58.3 Å². The Morgan fingerprint density at radius 2 is 1.71 bits per heavy atom. The maximum atomic E-state index is 13.3. The van der Waals surface area contributed by atoms with Crippen molar-refractivity contribution in [3.63, 3.8) is 0 Å². The summed E-state index contributed by atoms with van der Waals surface area (Å²) in [6.45, 7) is 10.2. The molecule has 0 unspecified atom stereocenters. The van der Waals surface area contributed by atoms with E-state index in [0.717, 1.165) is 75.7 Å². The van der Waals surface area contributed by atoms with Crippen LogP contribution in [-0.4, -0.2) is 64.5 Å². The summed E-state index contributed by atoms with van der Waals surface area (Å²) in [5.74, 6) is 1.53. The average Bonchev–Trinajstić information content (AvgIpc) is 3.22. The Bertz CT molecular complexity index is 1190. The number of carbonyl (C=O) groups excluding carboxylic acids is 1. The standard InChI is InChI=1S/C27H33Cl2N5O/c1-19(2)34-25-6-4-3-5-23(25)30-26(34)18-31-11-9-20(10-12-31)27(35)33-15-13-32(14-16-33)24-8-7-21(28)17-22(24)29/h3-8,17,19-20H,9-16,18H2,1-2H3. The maximum Gasteiger partial charge on any atom is 0.225 e. The second kappa shape index (κ2) is 10.4. The average molecular weight is 515 g/mol. The monoisotopic (exact) mass is 513 g/mol. The molecule has 2 aliphatic heterocycles. The summed E-state index contributed by atoms with van der Waals surface area (Å²) in [5.41, 5.74) is 3.24. The summed E-state index contributed by atoms with van der Waals surface area (Å²) in [5, 5.41) is 1.30. The van der Waals surface area contributed by atoms with Crippen molar-refractivity contribution in [1.29, 1.82) is 0 Å². The quantitative estimate of drug-likeness (QED) is 0.452. The van der Waals surface area contributed by atoms with Gasteiger partial charge in [-0.3, -0.25) is 9.69 Å². The minimum absolute atomic E-state index is 0.112. The molecule has 1 amide bonds. The lowest BCUT2D eigenvalue weighted by molar-refractivity contribution is -0.137. The lowest BCUT2D eigenvalue weighted by atomic mass is 9.95. The number of rotatable bonds is 5. The van der Waals surface area contributed by atoms with Gasteiger partial charge in [0.1, 0.15) is 5.82 Å². The Morgan fingerprint density at radius 1 is 1.00 bits per heavy atom. The van der Waals surface area contributed by atoms with E-state index in [0.29, 0.717) is 22.0 Å². The Morgan fingerprint density at radius 3 is 2.40 bits per heavy atom. The second-order valence-electron chi connectivity index (χ2n) is 9.94. The van der Waals surface area contributed by atoms with E-state index in [-0.39, 0.29) is 5.92 Å². The molecular weight excluding hydrogens is 481 g/mol. The van der Waals surface area contributed by atoms with Crippen LogP contribution >= 0.6 is 23.2 Å². The van der Waals surface area contributed by atoms with E-state index < -0.39 is 0 Å². The van der Waals surface area contributed by atoms with Gasteiger partial charge in [-0.2, -0.15) is 0 Å². The third-order valence-corrected chi connectivity index (χ3v) is 7.87. The zero-order valence-electron chi connectivity index (χ0n) is 20.5. The molecule has 5 rings (SSSR count). The van der Waals surface area contributed by atoms with Crippen molar-refractivity contribution in [2.24, 2.45) is 5.92 Å². The molecule has 35 heavy (non-hydrogen) atoms. The Labute approximate surface area is 217 Å². The summed E-state index contributed by atoms with van der Waals surface area (Å²) in [7, 11) is 0. The van der Waals surface area contributed by atoms with Crippen LogP contribution in [0.15, 0.2) is 42.5 Å². The van der Waals surface area contributed by atoms with E-state index in [1.807, 2.05) is 23.1 Å². The lowest BCUT2D eigenvalue weighted by Crippen LogP contribution is -2.51. The fourth-order valence-corrected chi connectivity index (χ4v) is 6.01. The smallest absolute Gasteiger partial charge is 0.225 e. The predicted octanol–water partition coefficient (Wildman–Crippen LogP) is 5.48. The van der Waals surface area contributed by atoms with E-state index in [9.17, 15) is 4.79 Å². The Balaban J connectivity index is 1.15. The minimum Gasteiger partial charge on any atom is -0.367 e. The molecule has 2 aromatic carbocycles. The highest BCUT2D eigenvalue weighted by atomic mass is 35.5. The number of aromatic nitrogens is 2. The van der Waals surface area contributed by atoms with E-state index in [1.165, 1.54) is 5.52 Å². The zero-order valence-corrected chi connectivity index (χ0v) is 22.0. The van der Waals surface area contributed by atoms with Crippen molar-refractivity contribution in [3.8, 4) is 0 Å². The number of hydrogen-bond acceptors (Lipinski definition) is 4. The van der Waals surface area contributed by atoms with Gasteiger partial charge in [-0.25, -0.2) is 4.98 Å². The number of carbonyl (C=O) groups is 1. The molecule has 3 aromatic rings. The summed E-state index contributed by atoms with van der Waals surface area (Å²) in [6, 6.07) is 14.3. The van der Waals surface area contributed by atoms with Crippen molar-refractivity contribution in [1.82, 2.24) is 19.4 Å². The number of benzene rings is 2. The van der Waals surface area contributed by atoms with Crippen molar-refractivity contribution in [2.45, 2.75) is 39.3 Å². The van der Waals surface area contributed by atoms with E-state index in [2.05, 4.69) is 46.4 Å². The molecule has 0 bridgehead atoms. The Kier molecular flexibility index (Phi) is 7.24. The van der Waals surface area contributed by atoms with Crippen molar-refractivity contribution < 1.29 is 4.79 Å². The van der Waals surface area contributed by atoms with Crippen LogP contribution in [0.1, 0.15) is 38.6 Å². The molecule has 0 spiro atoms. The number of para-hydroxylation sites is 2. The first-order chi connectivity index (χ1) is 16.9. The first kappa shape index (κ1) is 24.4. The molecule has 0 N–H and O–H groups in total. The second-order valence-corrected chi connectivity index (χ2v) is 10.8. The number of piperidine rings is 1. The molecule has 2 fully saturated rings. The van der Waals surface area contributed by atoms with Crippen LogP contribution in [0.3, 0.4) is 0 Å². The molecule has 2 aliphatic rings. The highest BCUT2D eigenvalue weighted by molar-refractivity contribution is 6.36. The van der Waals surface area contributed by atoms with E-state index >= 15 is 0 Å². The van der Waals surface area contributed by atoms with E-state index in [1.54, 1.807) is 6.07 Å². The first-order valence-electron chi connectivity index (χ1n) is 12.6. The van der Waals surface area contributed by atoms with Crippen LogP contribution in [0.5, 0.6) is 0 Å². The van der Waals surface area contributed by atoms with Gasteiger partial charge < -0.3 is 14.4 Å². The molecule has 0 atom stereocenters. The van der Waals surface area contributed by atoms with Crippen LogP contribution < -0.4 is 4.90 Å². The van der Waals surface area contributed by atoms with Gasteiger partial charge in [0.2, 0.25) is 5.91 Å². The fourth-order valence-electron chi connectivity index (χ4n) is 5.48. The highest BCUT2D eigenvalue weighted by Crippen LogP contribution is 2.30. The highest BCUT2D eigenvalue weighted by Gasteiger charge is 2.31. The van der Waals surface area contributed by atoms with Gasteiger partial charge in [-0.05, 0) is 70.1 Å². The molecule has 8 heteroatoms. The molecule has 2 saturated heterocycles. The van der Waals surface area contributed by atoms with Gasteiger partial charge in [0.25, 0.3) is 0 Å². The van der Waals surface area contributed by atoms with Crippen molar-refractivity contribution >= 4 is 45.8 Å². The van der Waals surface area contributed by atoms with Crippen LogP contribution in [0, 0.1) is 5.92 Å². The number of likely N-dealkylation sites (tertiary alicyclic amines) is 1. The van der Waals surface area contributed by atoms with Crippen LogP contribution in [0.25, 0.3) is 11.0 Å². The number of anilines is 1. The SMILES string of the molecule is CC(C)n1c(CN2CCC(C(=O)N3CCN(c4ccc(Cl)cc4Cl)CC3)CC2)nc2ccccc21. The minimum atomic E-state index is 0.112. The fraction of sp³-hybridized carbons (Fsp3) is 0.481. The number of imidazole rings is 1. The van der Waals surface area contributed by atoms with Gasteiger partial charge in [0, 0.05) is 43.2 Å². The maximum absolute atomic E-state index is 13.3. The number of hydrogen-bond donors (Lipinski definition) is 0. The van der Waals surface area contributed by atoms with Crippen LogP contribution in [-0.2, 0) is 11.3 Å². The van der Waals surface area contributed by atoms with Crippen LogP contribution in [0.4, 0.5) is 5.69 Å². The van der Waals surface area contributed by atoms with Gasteiger partial charge in [-0.1, -0.05) is 35.3 Å². The predicted molar refractivity (Wildman–Crippen MR) is 143 cm³/mol. The summed E-state index contributed by atoms with van der Waals surface area (Å²) < 4.78 is 2.35. The molecule has 0 saturated carbocycles. The topological polar surface area (TPSA) is 44.6 Å². The summed E-state index contributed by atoms with van der Waals surface area (Å²) >= 11 is 12.4. The molecule has 1 aromatic heterocycles. The molecule has 0 aliphatic carbocycles. The van der Waals surface area contributed by atoms with Gasteiger partial charge >= 0.3 is 0 Å². The Hall–Kier alpha value is -2.28. The third-order valence-electron chi connectivity index (χ3n) is 7.33. The van der Waals surface area contributed by atoms with Crippen LogP contribution in [0.2, 0.25) is 10.0 Å². The number of nitrogens with zero attached hydrogens (tertiary/aromatic N) is 5.